The van der Waals surface area contributed by atoms with E-state index in [9.17, 15) is 13.2 Å². The molecule has 0 amide bonds. The first-order valence-corrected chi connectivity index (χ1v) is 11.1. The molecule has 28 heavy (non-hydrogen) atoms. The molecule has 1 aliphatic heterocycles. The van der Waals surface area contributed by atoms with Gasteiger partial charge in [-0.15, -0.1) is 0 Å². The molecular formula is C21H25NO5S. The third kappa shape index (κ3) is 5.11. The van der Waals surface area contributed by atoms with Gasteiger partial charge in [-0.05, 0) is 37.5 Å². The van der Waals surface area contributed by atoms with E-state index in [1.165, 1.54) is 4.31 Å². The normalized spacial score (nSPS) is 15.9. The van der Waals surface area contributed by atoms with Gasteiger partial charge in [0.25, 0.3) is 0 Å². The third-order valence-corrected chi connectivity index (χ3v) is 6.58. The summed E-state index contributed by atoms with van der Waals surface area (Å²) in [5.41, 5.74) is 0.761. The maximum atomic E-state index is 12.6. The molecule has 1 aliphatic rings. The van der Waals surface area contributed by atoms with Crippen LogP contribution in [0.5, 0.6) is 11.5 Å². The Hall–Kier alpha value is -2.38. The van der Waals surface area contributed by atoms with Crippen LogP contribution in [0.2, 0.25) is 0 Å². The molecule has 150 valence electrons. The van der Waals surface area contributed by atoms with Crippen LogP contribution >= 0.6 is 0 Å². The van der Waals surface area contributed by atoms with Gasteiger partial charge in [0, 0.05) is 13.1 Å². The smallest absolute Gasteiger partial charge is 0.314 e. The van der Waals surface area contributed by atoms with Crippen LogP contribution in [-0.2, 0) is 20.6 Å². The number of carbonyl (C=O) groups is 1. The predicted molar refractivity (Wildman–Crippen MR) is 107 cm³/mol. The van der Waals surface area contributed by atoms with Crippen LogP contribution in [-0.4, -0.2) is 38.4 Å². The monoisotopic (exact) mass is 403 g/mol. The zero-order chi connectivity index (χ0) is 20.0. The van der Waals surface area contributed by atoms with Crippen LogP contribution < -0.4 is 9.47 Å². The topological polar surface area (TPSA) is 72.9 Å². The van der Waals surface area contributed by atoms with E-state index >= 15 is 0 Å². The van der Waals surface area contributed by atoms with Gasteiger partial charge in [0.2, 0.25) is 10.0 Å². The number of nitrogens with zero attached hydrogens (tertiary/aromatic N) is 1. The van der Waals surface area contributed by atoms with E-state index in [-0.39, 0.29) is 17.6 Å². The van der Waals surface area contributed by atoms with E-state index in [1.54, 1.807) is 30.3 Å². The molecule has 1 fully saturated rings. The van der Waals surface area contributed by atoms with Gasteiger partial charge in [-0.1, -0.05) is 42.5 Å². The largest absolute Gasteiger partial charge is 0.490 e. The van der Waals surface area contributed by atoms with Gasteiger partial charge in [-0.3, -0.25) is 4.79 Å². The molecule has 0 unspecified atom stereocenters. The van der Waals surface area contributed by atoms with Crippen LogP contribution in [0.1, 0.15) is 25.3 Å². The number of sulfonamides is 1. The summed E-state index contributed by atoms with van der Waals surface area (Å²) in [6, 6.07) is 16.2. The quantitative estimate of drug-likeness (QED) is 0.524. The number of esters is 1. The Bertz CT molecular complexity index is 890. The molecule has 2 aromatic rings. The van der Waals surface area contributed by atoms with Crippen molar-refractivity contribution >= 4 is 16.0 Å². The second-order valence-electron chi connectivity index (χ2n) is 6.72. The number of carbonyl (C=O) groups excluding carboxylic acids is 1. The SMILES string of the molecule is CCOc1ccccc1OC(=O)C1CCN(S(=O)(=O)Cc2ccccc2)CC1. The maximum absolute atomic E-state index is 12.6. The predicted octanol–water partition coefficient (Wildman–Crippen LogP) is 3.23. The molecule has 0 N–H and O–H groups in total. The average Bonchev–Trinajstić information content (AvgIpc) is 2.70. The van der Waals surface area contributed by atoms with E-state index in [1.807, 2.05) is 31.2 Å². The minimum Gasteiger partial charge on any atom is -0.490 e. The van der Waals surface area contributed by atoms with Crippen molar-refractivity contribution < 1.29 is 22.7 Å². The van der Waals surface area contributed by atoms with Gasteiger partial charge in [-0.2, -0.15) is 0 Å². The van der Waals surface area contributed by atoms with Gasteiger partial charge in [-0.25, -0.2) is 12.7 Å². The third-order valence-electron chi connectivity index (χ3n) is 4.73. The molecule has 0 bridgehead atoms. The van der Waals surface area contributed by atoms with Crippen LogP contribution in [0.4, 0.5) is 0 Å². The lowest BCUT2D eigenvalue weighted by Gasteiger charge is -2.30. The van der Waals surface area contributed by atoms with E-state index in [4.69, 9.17) is 9.47 Å². The summed E-state index contributed by atoms with van der Waals surface area (Å²) >= 11 is 0. The molecule has 0 aliphatic carbocycles. The lowest BCUT2D eigenvalue weighted by molar-refractivity contribution is -0.140. The van der Waals surface area contributed by atoms with E-state index in [2.05, 4.69) is 0 Å². The molecule has 0 saturated carbocycles. The van der Waals surface area contributed by atoms with Crippen molar-refractivity contribution in [2.75, 3.05) is 19.7 Å². The van der Waals surface area contributed by atoms with Crippen molar-refractivity contribution in [1.29, 1.82) is 0 Å². The lowest BCUT2D eigenvalue weighted by Crippen LogP contribution is -2.41. The number of rotatable bonds is 7. The molecule has 0 aromatic heterocycles. The fraction of sp³-hybridized carbons (Fsp3) is 0.381. The fourth-order valence-corrected chi connectivity index (χ4v) is 4.81. The second-order valence-corrected chi connectivity index (χ2v) is 8.68. The number of hydrogen-bond acceptors (Lipinski definition) is 5. The van der Waals surface area contributed by atoms with Crippen LogP contribution in [0, 0.1) is 5.92 Å². The van der Waals surface area contributed by atoms with Gasteiger partial charge < -0.3 is 9.47 Å². The molecule has 3 rings (SSSR count). The standard InChI is InChI=1S/C21H25NO5S/c1-2-26-19-10-6-7-11-20(19)27-21(23)18-12-14-22(15-13-18)28(24,25)16-17-8-4-3-5-9-17/h3-11,18H,2,12-16H2,1H3. The molecule has 0 radical (unpaired) electrons. The van der Waals surface area contributed by atoms with Crippen molar-refractivity contribution in [3.63, 3.8) is 0 Å². The Morgan fingerprint density at radius 2 is 1.61 bits per heavy atom. The zero-order valence-corrected chi connectivity index (χ0v) is 16.7. The average molecular weight is 404 g/mol. The molecule has 2 aromatic carbocycles. The maximum Gasteiger partial charge on any atom is 0.314 e. The van der Waals surface area contributed by atoms with Gasteiger partial charge in [0.15, 0.2) is 11.5 Å². The van der Waals surface area contributed by atoms with Crippen molar-refractivity contribution in [3.05, 3.63) is 60.2 Å². The summed E-state index contributed by atoms with van der Waals surface area (Å²) < 4.78 is 37.7. The molecule has 1 saturated heterocycles. The number of para-hydroxylation sites is 2. The van der Waals surface area contributed by atoms with Crippen molar-refractivity contribution in [2.45, 2.75) is 25.5 Å². The summed E-state index contributed by atoms with van der Waals surface area (Å²) in [4.78, 5) is 12.5. The van der Waals surface area contributed by atoms with Crippen LogP contribution in [0.3, 0.4) is 0 Å². The van der Waals surface area contributed by atoms with Crippen molar-refractivity contribution in [2.24, 2.45) is 5.92 Å². The molecule has 0 spiro atoms. The molecule has 7 heteroatoms. The first kappa shape index (κ1) is 20.4. The Labute approximate surface area is 166 Å². The number of benzene rings is 2. The highest BCUT2D eigenvalue weighted by atomic mass is 32.2. The van der Waals surface area contributed by atoms with Crippen LogP contribution in [0.15, 0.2) is 54.6 Å². The Balaban J connectivity index is 1.57. The van der Waals surface area contributed by atoms with Gasteiger partial charge in [0.1, 0.15) is 0 Å². The summed E-state index contributed by atoms with van der Waals surface area (Å²) in [5, 5.41) is 0. The zero-order valence-electron chi connectivity index (χ0n) is 15.9. The number of piperidine rings is 1. The first-order chi connectivity index (χ1) is 13.5. The summed E-state index contributed by atoms with van der Waals surface area (Å²) in [5.74, 6) is 0.241. The number of hydrogen-bond donors (Lipinski definition) is 0. The van der Waals surface area contributed by atoms with Crippen molar-refractivity contribution in [3.8, 4) is 11.5 Å². The highest BCUT2D eigenvalue weighted by molar-refractivity contribution is 7.88. The van der Waals surface area contributed by atoms with E-state index < -0.39 is 10.0 Å². The Morgan fingerprint density at radius 3 is 2.25 bits per heavy atom. The fourth-order valence-electron chi connectivity index (χ4n) is 3.25. The molecular weight excluding hydrogens is 378 g/mol. The second kappa shape index (κ2) is 9.21. The number of ether oxygens (including phenoxy) is 2. The molecule has 1 heterocycles. The van der Waals surface area contributed by atoms with E-state index in [0.717, 1.165) is 5.56 Å². The highest BCUT2D eigenvalue weighted by Crippen LogP contribution is 2.29. The lowest BCUT2D eigenvalue weighted by atomic mass is 9.98. The summed E-state index contributed by atoms with van der Waals surface area (Å²) in [6.45, 7) is 2.99. The molecule has 6 nitrogen and oxygen atoms in total. The minimum atomic E-state index is -3.40. The first-order valence-electron chi connectivity index (χ1n) is 9.45. The van der Waals surface area contributed by atoms with Gasteiger partial charge in [0.05, 0.1) is 18.3 Å². The van der Waals surface area contributed by atoms with Gasteiger partial charge >= 0.3 is 5.97 Å². The van der Waals surface area contributed by atoms with Crippen molar-refractivity contribution in [1.82, 2.24) is 4.31 Å². The molecule has 0 atom stereocenters. The Morgan fingerprint density at radius 1 is 1.00 bits per heavy atom. The minimum absolute atomic E-state index is 0.0231. The Kier molecular flexibility index (Phi) is 6.70. The summed E-state index contributed by atoms with van der Waals surface area (Å²) in [6.07, 6.45) is 0.896. The highest BCUT2D eigenvalue weighted by Gasteiger charge is 2.32. The van der Waals surface area contributed by atoms with E-state index in [0.29, 0.717) is 44.0 Å². The van der Waals surface area contributed by atoms with Crippen LogP contribution in [0.25, 0.3) is 0 Å². The summed E-state index contributed by atoms with van der Waals surface area (Å²) in [7, 11) is -3.40.